The highest BCUT2D eigenvalue weighted by Gasteiger charge is 2.22. The number of amides is 1. The Hall–Kier alpha value is -2.73. The first-order valence-electron chi connectivity index (χ1n) is 11.6. The largest absolute Gasteiger partial charge is 0.497 e. The normalized spacial score (nSPS) is 17.8. The van der Waals surface area contributed by atoms with Crippen LogP contribution in [-0.2, 0) is 4.79 Å². The van der Waals surface area contributed by atoms with Crippen LogP contribution in [0.4, 0.5) is 17.1 Å². The molecule has 0 spiro atoms. The van der Waals surface area contributed by atoms with Gasteiger partial charge in [0, 0.05) is 36.2 Å². The van der Waals surface area contributed by atoms with E-state index < -0.39 is 0 Å². The molecule has 0 aliphatic carbocycles. The summed E-state index contributed by atoms with van der Waals surface area (Å²) in [6.07, 6.45) is 5.21. The molecule has 0 atom stereocenters. The molecule has 2 aliphatic rings. The molecule has 6 heteroatoms. The molecule has 1 amide bonds. The second-order valence-electron chi connectivity index (χ2n) is 8.61. The predicted molar refractivity (Wildman–Crippen MR) is 127 cm³/mol. The molecular weight excluding hydrogens is 388 g/mol. The van der Waals surface area contributed by atoms with Gasteiger partial charge in [0.15, 0.2) is 6.54 Å². The van der Waals surface area contributed by atoms with Crippen molar-refractivity contribution in [2.45, 2.75) is 25.7 Å². The Morgan fingerprint density at radius 3 is 2.26 bits per heavy atom. The fraction of sp³-hybridized carbons (Fsp3) is 0.480. The Bertz CT molecular complexity index is 839. The van der Waals surface area contributed by atoms with Crippen LogP contribution in [0.2, 0.25) is 0 Å². The third kappa shape index (κ3) is 5.91. The van der Waals surface area contributed by atoms with Gasteiger partial charge in [-0.15, -0.1) is 0 Å². The number of benzene rings is 2. The summed E-state index contributed by atoms with van der Waals surface area (Å²) in [7, 11) is 1.70. The van der Waals surface area contributed by atoms with E-state index in [1.807, 2.05) is 24.3 Å². The number of nitrogens with one attached hydrogen (secondary N) is 2. The van der Waals surface area contributed by atoms with Crippen LogP contribution in [0.1, 0.15) is 25.7 Å². The summed E-state index contributed by atoms with van der Waals surface area (Å²) in [6.45, 7) is 6.59. The lowest BCUT2D eigenvalue weighted by Crippen LogP contribution is -3.15. The summed E-state index contributed by atoms with van der Waals surface area (Å²) in [5, 5.41) is 3.08. The van der Waals surface area contributed by atoms with Crippen molar-refractivity contribution in [3.8, 4) is 5.75 Å². The molecule has 2 aromatic rings. The van der Waals surface area contributed by atoms with Gasteiger partial charge in [-0.2, -0.15) is 0 Å². The zero-order chi connectivity index (χ0) is 21.5. The summed E-state index contributed by atoms with van der Waals surface area (Å²) in [5.74, 6) is 0.973. The SMILES string of the molecule is COc1cccc(N2CC[NH+](CC(=O)Nc3ccc(N4CCCCCC4)cc3)CC2)c1. The molecule has 2 N–H and O–H groups in total. The van der Waals surface area contributed by atoms with Crippen LogP contribution in [-0.4, -0.2) is 58.8 Å². The molecule has 0 radical (unpaired) electrons. The minimum atomic E-state index is 0.0901. The van der Waals surface area contributed by atoms with E-state index in [2.05, 4.69) is 39.4 Å². The molecule has 166 valence electrons. The van der Waals surface area contributed by atoms with E-state index >= 15 is 0 Å². The van der Waals surface area contributed by atoms with Crippen LogP contribution < -0.4 is 24.8 Å². The lowest BCUT2D eigenvalue weighted by Gasteiger charge is -2.33. The van der Waals surface area contributed by atoms with Gasteiger partial charge in [-0.25, -0.2) is 0 Å². The maximum atomic E-state index is 12.6. The molecular formula is C25H35N4O2+. The van der Waals surface area contributed by atoms with Crippen LogP contribution in [0.15, 0.2) is 48.5 Å². The number of piperazine rings is 1. The van der Waals surface area contributed by atoms with Crippen molar-refractivity contribution in [3.63, 3.8) is 0 Å². The Labute approximate surface area is 185 Å². The maximum absolute atomic E-state index is 12.6. The van der Waals surface area contributed by atoms with E-state index in [-0.39, 0.29) is 5.91 Å². The molecule has 0 saturated carbocycles. The van der Waals surface area contributed by atoms with Crippen molar-refractivity contribution >= 4 is 23.0 Å². The predicted octanol–water partition coefficient (Wildman–Crippen LogP) is 2.42. The van der Waals surface area contributed by atoms with Crippen LogP contribution in [0, 0.1) is 0 Å². The average molecular weight is 424 g/mol. The molecule has 2 aliphatic heterocycles. The summed E-state index contributed by atoms with van der Waals surface area (Å²) < 4.78 is 5.34. The zero-order valence-electron chi connectivity index (χ0n) is 18.6. The van der Waals surface area contributed by atoms with Gasteiger partial charge < -0.3 is 24.8 Å². The highest BCUT2D eigenvalue weighted by Crippen LogP contribution is 2.22. The summed E-state index contributed by atoms with van der Waals surface area (Å²) in [5.41, 5.74) is 3.34. The van der Waals surface area contributed by atoms with Gasteiger partial charge in [-0.3, -0.25) is 4.79 Å². The number of hydrogen-bond donors (Lipinski definition) is 2. The van der Waals surface area contributed by atoms with E-state index in [0.29, 0.717) is 6.54 Å². The summed E-state index contributed by atoms with van der Waals surface area (Å²) in [6, 6.07) is 16.5. The number of carbonyl (C=O) groups is 1. The van der Waals surface area contributed by atoms with E-state index in [1.54, 1.807) is 7.11 Å². The van der Waals surface area contributed by atoms with Crippen molar-refractivity contribution in [1.82, 2.24) is 0 Å². The smallest absolute Gasteiger partial charge is 0.279 e. The minimum absolute atomic E-state index is 0.0901. The second kappa shape index (κ2) is 10.5. The topological polar surface area (TPSA) is 49.3 Å². The van der Waals surface area contributed by atoms with E-state index in [0.717, 1.165) is 50.7 Å². The zero-order valence-corrected chi connectivity index (χ0v) is 18.6. The molecule has 6 nitrogen and oxygen atoms in total. The maximum Gasteiger partial charge on any atom is 0.279 e. The van der Waals surface area contributed by atoms with E-state index in [1.165, 1.54) is 42.0 Å². The molecule has 2 saturated heterocycles. The van der Waals surface area contributed by atoms with Crippen molar-refractivity contribution in [3.05, 3.63) is 48.5 Å². The molecule has 31 heavy (non-hydrogen) atoms. The number of rotatable bonds is 6. The highest BCUT2D eigenvalue weighted by molar-refractivity contribution is 5.91. The van der Waals surface area contributed by atoms with Crippen molar-refractivity contribution in [2.75, 3.05) is 68.0 Å². The standard InChI is InChI=1S/C25H34N4O2/c1-31-24-8-6-7-23(19-24)29-17-15-27(16-18-29)20-25(30)26-21-9-11-22(12-10-21)28-13-4-2-3-5-14-28/h6-12,19H,2-5,13-18,20H2,1H3,(H,26,30)/p+1. The van der Waals surface area contributed by atoms with E-state index in [9.17, 15) is 4.79 Å². The van der Waals surface area contributed by atoms with Gasteiger partial charge in [0.2, 0.25) is 0 Å². The fourth-order valence-electron chi connectivity index (χ4n) is 4.58. The first-order chi connectivity index (χ1) is 15.2. The molecule has 2 aromatic carbocycles. The van der Waals surface area contributed by atoms with Gasteiger partial charge in [0.05, 0.1) is 33.3 Å². The van der Waals surface area contributed by atoms with Crippen LogP contribution in [0.5, 0.6) is 5.75 Å². The van der Waals surface area contributed by atoms with Crippen molar-refractivity contribution < 1.29 is 14.4 Å². The number of quaternary nitrogens is 1. The number of methoxy groups -OCH3 is 1. The fourth-order valence-corrected chi connectivity index (χ4v) is 4.58. The van der Waals surface area contributed by atoms with Gasteiger partial charge in [-0.1, -0.05) is 18.9 Å². The molecule has 2 heterocycles. The minimum Gasteiger partial charge on any atom is -0.497 e. The van der Waals surface area contributed by atoms with E-state index in [4.69, 9.17) is 4.74 Å². The van der Waals surface area contributed by atoms with Gasteiger partial charge in [0.25, 0.3) is 5.91 Å². The first-order valence-corrected chi connectivity index (χ1v) is 11.6. The number of carbonyl (C=O) groups excluding carboxylic acids is 1. The first kappa shape index (κ1) is 21.5. The monoisotopic (exact) mass is 423 g/mol. The Balaban J connectivity index is 1.24. The average Bonchev–Trinajstić information content (AvgIpc) is 3.10. The van der Waals surface area contributed by atoms with Gasteiger partial charge in [0.1, 0.15) is 5.75 Å². The Kier molecular flexibility index (Phi) is 7.30. The van der Waals surface area contributed by atoms with Crippen molar-refractivity contribution in [2.24, 2.45) is 0 Å². The number of anilines is 3. The molecule has 0 unspecified atom stereocenters. The lowest BCUT2D eigenvalue weighted by atomic mass is 10.2. The quantitative estimate of drug-likeness (QED) is 0.749. The molecule has 2 fully saturated rings. The molecule has 4 rings (SSSR count). The van der Waals surface area contributed by atoms with Crippen LogP contribution in [0.25, 0.3) is 0 Å². The van der Waals surface area contributed by atoms with Crippen LogP contribution in [0.3, 0.4) is 0 Å². The highest BCUT2D eigenvalue weighted by atomic mass is 16.5. The van der Waals surface area contributed by atoms with Crippen LogP contribution >= 0.6 is 0 Å². The third-order valence-electron chi connectivity index (χ3n) is 6.42. The summed E-state index contributed by atoms with van der Waals surface area (Å²) in [4.78, 5) is 18.7. The molecule has 0 bridgehead atoms. The van der Waals surface area contributed by atoms with Crippen molar-refractivity contribution in [1.29, 1.82) is 0 Å². The molecule has 0 aromatic heterocycles. The lowest BCUT2D eigenvalue weighted by molar-refractivity contribution is -0.892. The summed E-state index contributed by atoms with van der Waals surface area (Å²) >= 11 is 0. The third-order valence-corrected chi connectivity index (χ3v) is 6.42. The number of ether oxygens (including phenoxy) is 1. The number of hydrogen-bond acceptors (Lipinski definition) is 4. The van der Waals surface area contributed by atoms with Gasteiger partial charge >= 0.3 is 0 Å². The number of nitrogens with zero attached hydrogens (tertiary/aromatic N) is 2. The Morgan fingerprint density at radius 2 is 1.58 bits per heavy atom. The second-order valence-corrected chi connectivity index (χ2v) is 8.61. The Morgan fingerprint density at radius 1 is 0.903 bits per heavy atom. The van der Waals surface area contributed by atoms with Gasteiger partial charge in [-0.05, 0) is 49.2 Å².